The number of halogens is 1. The fourth-order valence-electron chi connectivity index (χ4n) is 2.25. The number of aromatic nitrogens is 2. The number of benzene rings is 2. The predicted molar refractivity (Wildman–Crippen MR) is 86.4 cm³/mol. The third kappa shape index (κ3) is 3.42. The van der Waals surface area contributed by atoms with Crippen LogP contribution < -0.4 is 4.90 Å². The lowest BCUT2D eigenvalue weighted by Crippen LogP contribution is -2.16. The Morgan fingerprint density at radius 3 is 2.45 bits per heavy atom. The third-order valence-electron chi connectivity index (χ3n) is 3.23. The number of aryl methyl sites for hydroxylation is 1. The van der Waals surface area contributed by atoms with E-state index in [1.165, 1.54) is 12.1 Å². The molecule has 1 aromatic heterocycles. The Bertz CT molecular complexity index is 737. The van der Waals surface area contributed by atoms with Gasteiger partial charge in [0.25, 0.3) is 0 Å². The van der Waals surface area contributed by atoms with Gasteiger partial charge in [-0.05, 0) is 52.6 Å². The first-order valence-corrected chi connectivity index (χ1v) is 7.32. The zero-order chi connectivity index (χ0) is 16.1. The molecule has 0 fully saturated rings. The number of anilines is 1. The topological polar surface area (TPSA) is 42.2 Å². The van der Waals surface area contributed by atoms with Gasteiger partial charge in [0.2, 0.25) is 0 Å². The molecule has 116 valence electrons. The zero-order valence-electron chi connectivity index (χ0n) is 13.3. The highest BCUT2D eigenvalue weighted by Gasteiger charge is 2.12. The molecule has 22 heavy (non-hydrogen) atoms. The fraction of sp³-hybridized carbons (Fsp3) is 0.294. The highest BCUT2D eigenvalue weighted by molar-refractivity contribution is 5.88. The van der Waals surface area contributed by atoms with Crippen molar-refractivity contribution in [1.82, 2.24) is 10.3 Å². The minimum atomic E-state index is -0.227. The maximum atomic E-state index is 12.9. The number of rotatable bonds is 3. The number of fused-ring (bicyclic) bond motifs is 1. The summed E-state index contributed by atoms with van der Waals surface area (Å²) in [4.78, 5) is 2.05. The molecule has 0 aliphatic carbocycles. The summed E-state index contributed by atoms with van der Waals surface area (Å²) in [6.45, 7) is 6.66. The van der Waals surface area contributed by atoms with E-state index in [9.17, 15) is 4.39 Å². The van der Waals surface area contributed by atoms with Gasteiger partial charge in [0.1, 0.15) is 11.3 Å². The molecule has 1 heterocycles. The summed E-state index contributed by atoms with van der Waals surface area (Å²) in [5.41, 5.74) is 4.55. The molecule has 0 bridgehead atoms. The van der Waals surface area contributed by atoms with E-state index in [4.69, 9.17) is 4.63 Å². The molecule has 0 aliphatic rings. The Kier molecular flexibility index (Phi) is 5.09. The van der Waals surface area contributed by atoms with Crippen LogP contribution in [-0.2, 0) is 6.54 Å². The molecular weight excluding hydrogens is 281 g/mol. The molecule has 0 unspecified atom stereocenters. The Morgan fingerprint density at radius 1 is 1.09 bits per heavy atom. The smallest absolute Gasteiger partial charge is 0.158 e. The lowest BCUT2D eigenvalue weighted by Gasteiger charge is -2.19. The number of nitrogens with zero attached hydrogens (tertiary/aromatic N) is 3. The van der Waals surface area contributed by atoms with Gasteiger partial charge >= 0.3 is 0 Å². The van der Waals surface area contributed by atoms with Crippen molar-refractivity contribution in [3.63, 3.8) is 0 Å². The maximum absolute atomic E-state index is 12.9. The van der Waals surface area contributed by atoms with Crippen molar-refractivity contribution in [2.24, 2.45) is 0 Å². The van der Waals surface area contributed by atoms with Gasteiger partial charge in [0, 0.05) is 13.6 Å². The largest absolute Gasteiger partial charge is 0.368 e. The van der Waals surface area contributed by atoms with Crippen LogP contribution in [0.1, 0.15) is 25.0 Å². The minimum absolute atomic E-state index is 0.227. The summed E-state index contributed by atoms with van der Waals surface area (Å²) in [6, 6.07) is 10.5. The molecule has 0 aliphatic heterocycles. The van der Waals surface area contributed by atoms with Crippen molar-refractivity contribution < 1.29 is 9.02 Å². The quantitative estimate of drug-likeness (QED) is 0.722. The SMILES string of the molecule is CC.Cc1cc(N(C)Cc2ccc(F)cc2)c2nonc2c1. The van der Waals surface area contributed by atoms with E-state index in [1.807, 2.05) is 44.9 Å². The number of hydrogen-bond donors (Lipinski definition) is 0. The minimum Gasteiger partial charge on any atom is -0.368 e. The van der Waals surface area contributed by atoms with Crippen LogP contribution in [0.2, 0.25) is 0 Å². The molecule has 3 aromatic rings. The molecule has 2 aromatic carbocycles. The molecule has 0 radical (unpaired) electrons. The molecule has 0 N–H and O–H groups in total. The first-order valence-electron chi connectivity index (χ1n) is 7.32. The van der Waals surface area contributed by atoms with Crippen LogP contribution in [0.15, 0.2) is 41.0 Å². The molecule has 0 amide bonds. The van der Waals surface area contributed by atoms with E-state index in [0.29, 0.717) is 6.54 Å². The second-order valence-corrected chi connectivity index (χ2v) is 4.90. The third-order valence-corrected chi connectivity index (χ3v) is 3.23. The van der Waals surface area contributed by atoms with Gasteiger partial charge in [-0.15, -0.1) is 0 Å². The molecule has 0 saturated carbocycles. The van der Waals surface area contributed by atoms with Gasteiger partial charge in [0.05, 0.1) is 5.69 Å². The summed E-state index contributed by atoms with van der Waals surface area (Å²) in [5.74, 6) is -0.227. The van der Waals surface area contributed by atoms with E-state index in [1.54, 1.807) is 12.1 Å². The summed E-state index contributed by atoms with van der Waals surface area (Å²) in [5, 5.41) is 7.83. The summed E-state index contributed by atoms with van der Waals surface area (Å²) < 4.78 is 17.7. The monoisotopic (exact) mass is 301 g/mol. The van der Waals surface area contributed by atoms with Gasteiger partial charge in [-0.1, -0.05) is 26.0 Å². The van der Waals surface area contributed by atoms with Crippen molar-refractivity contribution >= 4 is 16.7 Å². The van der Waals surface area contributed by atoms with Crippen molar-refractivity contribution in [1.29, 1.82) is 0 Å². The highest BCUT2D eigenvalue weighted by Crippen LogP contribution is 2.26. The zero-order valence-corrected chi connectivity index (χ0v) is 13.3. The Balaban J connectivity index is 0.000000847. The molecule has 5 heteroatoms. The van der Waals surface area contributed by atoms with Crippen LogP contribution in [0.3, 0.4) is 0 Å². The van der Waals surface area contributed by atoms with E-state index >= 15 is 0 Å². The van der Waals surface area contributed by atoms with Gasteiger partial charge in [-0.3, -0.25) is 0 Å². The van der Waals surface area contributed by atoms with Crippen LogP contribution in [0, 0.1) is 12.7 Å². The standard InChI is InChI=1S/C15H14FN3O.C2H6/c1-10-7-13-15(18-20-17-13)14(8-10)19(2)9-11-3-5-12(16)6-4-11;1-2/h3-8H,9H2,1-2H3;1-2H3. The van der Waals surface area contributed by atoms with E-state index in [-0.39, 0.29) is 5.82 Å². The fourth-order valence-corrected chi connectivity index (χ4v) is 2.25. The first kappa shape index (κ1) is 15.9. The predicted octanol–water partition coefficient (Wildman–Crippen LogP) is 4.33. The molecule has 0 atom stereocenters. The Hall–Kier alpha value is -2.43. The summed E-state index contributed by atoms with van der Waals surface area (Å²) >= 11 is 0. The molecule has 3 rings (SSSR count). The Morgan fingerprint density at radius 2 is 1.77 bits per heavy atom. The average molecular weight is 301 g/mol. The van der Waals surface area contributed by atoms with Crippen LogP contribution in [-0.4, -0.2) is 17.4 Å². The highest BCUT2D eigenvalue weighted by atomic mass is 19.1. The van der Waals surface area contributed by atoms with E-state index in [0.717, 1.165) is 27.8 Å². The van der Waals surface area contributed by atoms with Crippen LogP contribution in [0.4, 0.5) is 10.1 Å². The van der Waals surface area contributed by atoms with Gasteiger partial charge in [-0.25, -0.2) is 9.02 Å². The number of hydrogen-bond acceptors (Lipinski definition) is 4. The molecule has 4 nitrogen and oxygen atoms in total. The van der Waals surface area contributed by atoms with Crippen molar-refractivity contribution in [3.05, 3.63) is 53.3 Å². The maximum Gasteiger partial charge on any atom is 0.158 e. The van der Waals surface area contributed by atoms with E-state index in [2.05, 4.69) is 10.3 Å². The van der Waals surface area contributed by atoms with Crippen molar-refractivity contribution in [3.8, 4) is 0 Å². The second kappa shape index (κ2) is 7.02. The Labute approximate surface area is 129 Å². The van der Waals surface area contributed by atoms with Crippen molar-refractivity contribution in [2.45, 2.75) is 27.3 Å². The average Bonchev–Trinajstić information content (AvgIpc) is 2.98. The normalized spacial score (nSPS) is 10.2. The lowest BCUT2D eigenvalue weighted by molar-refractivity contribution is 0.315. The molecule has 0 spiro atoms. The van der Waals surface area contributed by atoms with Gasteiger partial charge < -0.3 is 4.90 Å². The van der Waals surface area contributed by atoms with E-state index < -0.39 is 0 Å². The van der Waals surface area contributed by atoms with Gasteiger partial charge in [0.15, 0.2) is 5.52 Å². The van der Waals surface area contributed by atoms with Crippen molar-refractivity contribution in [2.75, 3.05) is 11.9 Å². The van der Waals surface area contributed by atoms with Crippen LogP contribution in [0.25, 0.3) is 11.0 Å². The molecule has 0 saturated heterocycles. The first-order chi connectivity index (χ1) is 10.6. The summed E-state index contributed by atoms with van der Waals surface area (Å²) in [6.07, 6.45) is 0. The van der Waals surface area contributed by atoms with Crippen LogP contribution in [0.5, 0.6) is 0 Å². The molecular formula is C17H20FN3O. The lowest BCUT2D eigenvalue weighted by atomic mass is 10.1. The second-order valence-electron chi connectivity index (χ2n) is 4.90. The van der Waals surface area contributed by atoms with Crippen LogP contribution >= 0.6 is 0 Å². The van der Waals surface area contributed by atoms with Gasteiger partial charge in [-0.2, -0.15) is 0 Å². The summed E-state index contributed by atoms with van der Waals surface area (Å²) in [7, 11) is 1.96.